The number of benzene rings is 1. The van der Waals surface area contributed by atoms with Crippen LogP contribution >= 0.6 is 0 Å². The summed E-state index contributed by atoms with van der Waals surface area (Å²) in [5, 5.41) is 11.1. The average Bonchev–Trinajstić information content (AvgIpc) is 3.06. The number of fused-ring (bicyclic) bond motifs is 4. The molecule has 144 valence electrons. The molecule has 2 bridgehead atoms. The van der Waals surface area contributed by atoms with Gasteiger partial charge in [-0.1, -0.05) is 30.3 Å². The van der Waals surface area contributed by atoms with Gasteiger partial charge in [-0.3, -0.25) is 4.79 Å². The largest absolute Gasteiger partial charge is 0.338 e. The summed E-state index contributed by atoms with van der Waals surface area (Å²) in [4.78, 5) is 17.5. The summed E-state index contributed by atoms with van der Waals surface area (Å²) in [5.41, 5.74) is 1.41. The quantitative estimate of drug-likeness (QED) is 0.743. The molecule has 2 atom stereocenters. The van der Waals surface area contributed by atoms with Crippen LogP contribution in [0.15, 0.2) is 36.7 Å². The molecule has 3 saturated heterocycles. The predicted molar refractivity (Wildman–Crippen MR) is 102 cm³/mol. The van der Waals surface area contributed by atoms with Crippen LogP contribution in [-0.2, 0) is 17.8 Å². The maximum atomic E-state index is 12.8. The minimum atomic E-state index is 0.242. The van der Waals surface area contributed by atoms with E-state index < -0.39 is 0 Å². The van der Waals surface area contributed by atoms with Crippen molar-refractivity contribution < 1.29 is 4.79 Å². The fourth-order valence-electron chi connectivity index (χ4n) is 4.46. The number of amides is 1. The van der Waals surface area contributed by atoms with E-state index >= 15 is 0 Å². The van der Waals surface area contributed by atoms with Crippen LogP contribution in [0.3, 0.4) is 0 Å². The molecule has 7 nitrogen and oxygen atoms in total. The Morgan fingerprint density at radius 2 is 1.96 bits per heavy atom. The molecular formula is C20H28N6O. The fraction of sp³-hybridized carbons (Fsp3) is 0.600. The Morgan fingerprint density at radius 1 is 1.07 bits per heavy atom. The number of aromatic nitrogens is 4. The number of carbonyl (C=O) groups is 1. The van der Waals surface area contributed by atoms with Gasteiger partial charge in [0, 0.05) is 32.1 Å². The molecular weight excluding hydrogens is 340 g/mol. The third-order valence-corrected chi connectivity index (χ3v) is 5.84. The van der Waals surface area contributed by atoms with E-state index in [2.05, 4.69) is 55.7 Å². The molecule has 1 aromatic heterocycles. The van der Waals surface area contributed by atoms with Crippen LogP contribution in [0.1, 0.15) is 31.2 Å². The Bertz CT molecular complexity index is 719. The molecule has 7 heteroatoms. The Morgan fingerprint density at radius 3 is 2.78 bits per heavy atom. The van der Waals surface area contributed by atoms with E-state index in [4.69, 9.17) is 0 Å². The number of carbonyl (C=O) groups excluding carboxylic acids is 1. The van der Waals surface area contributed by atoms with Gasteiger partial charge in [0.05, 0.1) is 6.54 Å². The zero-order valence-electron chi connectivity index (χ0n) is 15.8. The third-order valence-electron chi connectivity index (χ3n) is 5.84. The molecule has 0 aliphatic carbocycles. The first-order chi connectivity index (χ1) is 13.3. The maximum absolute atomic E-state index is 12.8. The number of hydrogen-bond donors (Lipinski definition) is 0. The lowest BCUT2D eigenvalue weighted by atomic mass is 9.94. The molecule has 27 heavy (non-hydrogen) atoms. The summed E-state index contributed by atoms with van der Waals surface area (Å²) >= 11 is 0. The molecule has 3 fully saturated rings. The van der Waals surface area contributed by atoms with E-state index in [-0.39, 0.29) is 5.91 Å². The first-order valence-corrected chi connectivity index (χ1v) is 10.0. The molecule has 0 saturated carbocycles. The van der Waals surface area contributed by atoms with Crippen molar-refractivity contribution in [2.45, 2.75) is 44.7 Å². The van der Waals surface area contributed by atoms with Crippen molar-refractivity contribution in [2.75, 3.05) is 26.2 Å². The van der Waals surface area contributed by atoms with Gasteiger partial charge >= 0.3 is 0 Å². The van der Waals surface area contributed by atoms with E-state index in [1.165, 1.54) is 18.4 Å². The van der Waals surface area contributed by atoms with Crippen molar-refractivity contribution in [1.29, 1.82) is 0 Å². The van der Waals surface area contributed by atoms with Crippen LogP contribution in [0.4, 0.5) is 0 Å². The van der Waals surface area contributed by atoms with Crippen LogP contribution < -0.4 is 0 Å². The summed E-state index contributed by atoms with van der Waals surface area (Å²) in [7, 11) is 0. The normalized spacial score (nSPS) is 22.7. The van der Waals surface area contributed by atoms with Gasteiger partial charge in [-0.2, -0.15) is 0 Å². The summed E-state index contributed by atoms with van der Waals surface area (Å²) < 4.78 is 1.63. The molecule has 5 rings (SSSR count). The SMILES string of the molecule is O=C(CCn1cnnn1)N1C[C@H]2CC[C@@H]1CN(CCCc1ccccc1)C2. The Balaban J connectivity index is 1.28. The average molecular weight is 368 g/mol. The molecule has 4 heterocycles. The summed E-state index contributed by atoms with van der Waals surface area (Å²) in [6.45, 7) is 4.73. The molecule has 1 amide bonds. The van der Waals surface area contributed by atoms with Crippen molar-refractivity contribution in [3.05, 3.63) is 42.2 Å². The van der Waals surface area contributed by atoms with E-state index in [1.807, 2.05) is 0 Å². The first-order valence-electron chi connectivity index (χ1n) is 10.0. The zero-order valence-corrected chi connectivity index (χ0v) is 15.8. The van der Waals surface area contributed by atoms with Crippen molar-refractivity contribution in [3.63, 3.8) is 0 Å². The number of nitrogens with zero attached hydrogens (tertiary/aromatic N) is 6. The van der Waals surface area contributed by atoms with Crippen molar-refractivity contribution in [3.8, 4) is 0 Å². The second kappa shape index (κ2) is 8.61. The van der Waals surface area contributed by atoms with Crippen molar-refractivity contribution >= 4 is 5.91 Å². The Kier molecular flexibility index (Phi) is 5.77. The van der Waals surface area contributed by atoms with Gasteiger partial charge in [0.2, 0.25) is 5.91 Å². The highest BCUT2D eigenvalue weighted by atomic mass is 16.2. The first kappa shape index (κ1) is 18.1. The molecule has 0 unspecified atom stereocenters. The molecule has 0 spiro atoms. The summed E-state index contributed by atoms with van der Waals surface area (Å²) in [6.07, 6.45) is 6.73. The number of rotatable bonds is 7. The van der Waals surface area contributed by atoms with Crippen molar-refractivity contribution in [2.24, 2.45) is 5.92 Å². The van der Waals surface area contributed by atoms with E-state index in [0.717, 1.165) is 39.0 Å². The molecule has 1 aromatic carbocycles. The van der Waals surface area contributed by atoms with Gasteiger partial charge in [-0.25, -0.2) is 4.68 Å². The second-order valence-electron chi connectivity index (χ2n) is 7.81. The Labute approximate surface area is 160 Å². The van der Waals surface area contributed by atoms with Crippen LogP contribution in [0, 0.1) is 5.92 Å². The smallest absolute Gasteiger partial charge is 0.224 e. The number of aryl methyl sites for hydroxylation is 2. The van der Waals surface area contributed by atoms with E-state index in [1.54, 1.807) is 11.0 Å². The lowest BCUT2D eigenvalue weighted by molar-refractivity contribution is -0.135. The van der Waals surface area contributed by atoms with Gasteiger partial charge in [0.15, 0.2) is 0 Å². The highest BCUT2D eigenvalue weighted by molar-refractivity contribution is 5.76. The van der Waals surface area contributed by atoms with Crippen LogP contribution in [-0.4, -0.2) is 68.1 Å². The van der Waals surface area contributed by atoms with Gasteiger partial charge in [0.25, 0.3) is 0 Å². The minimum absolute atomic E-state index is 0.242. The standard InChI is InChI=1S/C20H28N6O/c27-20(10-12-25-16-21-22-23-25)26-14-18-8-9-19(26)15-24(13-18)11-4-7-17-5-2-1-3-6-17/h1-3,5-6,16,18-19H,4,7-15H2/t18-,19+/m0/s1. The maximum Gasteiger partial charge on any atom is 0.224 e. The van der Waals surface area contributed by atoms with Gasteiger partial charge in [-0.05, 0) is 54.1 Å². The van der Waals surface area contributed by atoms with Crippen LogP contribution in [0.2, 0.25) is 0 Å². The number of piperidine rings is 1. The highest BCUT2D eigenvalue weighted by Crippen LogP contribution is 2.28. The minimum Gasteiger partial charge on any atom is -0.338 e. The van der Waals surface area contributed by atoms with Crippen LogP contribution in [0.25, 0.3) is 0 Å². The number of tetrazole rings is 1. The van der Waals surface area contributed by atoms with Crippen molar-refractivity contribution in [1.82, 2.24) is 30.0 Å². The zero-order chi connectivity index (χ0) is 18.5. The highest BCUT2D eigenvalue weighted by Gasteiger charge is 2.36. The van der Waals surface area contributed by atoms with Gasteiger partial charge < -0.3 is 9.80 Å². The van der Waals surface area contributed by atoms with E-state index in [9.17, 15) is 4.79 Å². The predicted octanol–water partition coefficient (Wildman–Crippen LogP) is 1.62. The molecule has 0 radical (unpaired) electrons. The lowest BCUT2D eigenvalue weighted by Crippen LogP contribution is -2.47. The monoisotopic (exact) mass is 368 g/mol. The summed E-state index contributed by atoms with van der Waals surface area (Å²) in [6, 6.07) is 11.1. The molecule has 2 aromatic rings. The van der Waals surface area contributed by atoms with Gasteiger partial charge in [0.1, 0.15) is 6.33 Å². The lowest BCUT2D eigenvalue weighted by Gasteiger charge is -2.36. The third kappa shape index (κ3) is 4.71. The number of hydrogen-bond acceptors (Lipinski definition) is 5. The molecule has 3 aliphatic heterocycles. The Hall–Kier alpha value is -2.28. The topological polar surface area (TPSA) is 67.2 Å². The van der Waals surface area contributed by atoms with Crippen LogP contribution in [0.5, 0.6) is 0 Å². The molecule has 3 aliphatic rings. The van der Waals surface area contributed by atoms with E-state index in [0.29, 0.717) is 24.9 Å². The molecule has 0 N–H and O–H groups in total. The second-order valence-corrected chi connectivity index (χ2v) is 7.81. The fourth-order valence-corrected chi connectivity index (χ4v) is 4.46. The van der Waals surface area contributed by atoms with Gasteiger partial charge in [-0.15, -0.1) is 5.10 Å². The summed E-state index contributed by atoms with van der Waals surface area (Å²) in [5.74, 6) is 0.851.